The van der Waals surface area contributed by atoms with Crippen molar-refractivity contribution in [3.63, 3.8) is 0 Å². The van der Waals surface area contributed by atoms with Gasteiger partial charge < -0.3 is 55.1 Å². The highest BCUT2D eigenvalue weighted by Crippen LogP contribution is 2.25. The highest BCUT2D eigenvalue weighted by molar-refractivity contribution is 5.52. The fourth-order valence-corrected chi connectivity index (χ4v) is 3.64. The fourth-order valence-electron chi connectivity index (χ4n) is 3.64. The van der Waals surface area contributed by atoms with Gasteiger partial charge in [0.1, 0.15) is 66.8 Å². The van der Waals surface area contributed by atoms with Gasteiger partial charge in [-0.05, 0) is 18.2 Å². The number of hydrogen-bond donors (Lipinski definition) is 8. The maximum absolute atomic E-state index is 13.0. The smallest absolute Gasteiger partial charge is 0.387 e. The number of hydrogen-bond acceptors (Lipinski definition) is 11. The molecule has 0 bridgehead atoms. The third kappa shape index (κ3) is 6.29. The highest BCUT2D eigenvalue weighted by Gasteiger charge is 2.43. The summed E-state index contributed by atoms with van der Waals surface area (Å²) in [6, 6.07) is 3.75. The molecule has 2 aliphatic heterocycles. The first-order valence-electron chi connectivity index (χ1n) is 10.8. The normalized spacial score (nSPS) is 36.4. The molecule has 0 amide bonds. The van der Waals surface area contributed by atoms with Crippen LogP contribution in [0.3, 0.4) is 0 Å². The van der Waals surface area contributed by atoms with Gasteiger partial charge in [-0.1, -0.05) is 23.7 Å². The van der Waals surface area contributed by atoms with Crippen LogP contribution in [0.15, 0.2) is 18.2 Å². The summed E-state index contributed by atoms with van der Waals surface area (Å²) >= 11 is 0. The monoisotopic (exact) mass is 516 g/mol. The summed E-state index contributed by atoms with van der Waals surface area (Å²) in [6.07, 6.45) is -14.7. The molecule has 0 aliphatic carbocycles. The van der Waals surface area contributed by atoms with Crippen molar-refractivity contribution in [3.05, 3.63) is 29.3 Å². The van der Waals surface area contributed by atoms with E-state index in [1.807, 2.05) is 0 Å². The zero-order valence-corrected chi connectivity index (χ0v) is 18.6. The van der Waals surface area contributed by atoms with Gasteiger partial charge >= 0.3 is 6.61 Å². The SMILES string of the molecule is OCC1OC(C#Cc2ccc(C#CC3OC(CO)C(O)C(O)C3O)c(OC(F)F)c2)C(O)C(O)C1O. The molecule has 2 aliphatic rings. The largest absolute Gasteiger partial charge is 0.433 e. The molecular weight excluding hydrogens is 490 g/mol. The van der Waals surface area contributed by atoms with E-state index in [4.69, 9.17) is 9.47 Å². The second-order valence-corrected chi connectivity index (χ2v) is 8.13. The van der Waals surface area contributed by atoms with Gasteiger partial charge in [0.25, 0.3) is 0 Å². The average molecular weight is 516 g/mol. The summed E-state index contributed by atoms with van der Waals surface area (Å²) in [4.78, 5) is 0. The van der Waals surface area contributed by atoms with Crippen LogP contribution in [0.4, 0.5) is 8.78 Å². The summed E-state index contributed by atoms with van der Waals surface area (Å²) < 4.78 is 41.0. The van der Waals surface area contributed by atoms with Crippen LogP contribution in [0.1, 0.15) is 11.1 Å². The molecule has 1 aromatic rings. The zero-order chi connectivity index (χ0) is 26.6. The van der Waals surface area contributed by atoms with Crippen molar-refractivity contribution in [1.29, 1.82) is 0 Å². The quantitative estimate of drug-likeness (QED) is 0.187. The fraction of sp³-hybridized carbons (Fsp3) is 0.565. The van der Waals surface area contributed by atoms with E-state index in [0.717, 1.165) is 6.07 Å². The number of benzene rings is 1. The van der Waals surface area contributed by atoms with E-state index in [1.165, 1.54) is 12.1 Å². The molecule has 0 radical (unpaired) electrons. The Morgan fingerprint density at radius 3 is 1.72 bits per heavy atom. The van der Waals surface area contributed by atoms with Gasteiger partial charge in [0, 0.05) is 5.56 Å². The Kier molecular flexibility index (Phi) is 9.57. The summed E-state index contributed by atoms with van der Waals surface area (Å²) in [5, 5.41) is 78.0. The molecular formula is C23H26F2O11. The summed E-state index contributed by atoms with van der Waals surface area (Å²) in [5.74, 6) is 9.61. The standard InChI is InChI=1S/C23H26F2O11/c24-23(25)36-14-7-10(2-5-12-17(28)21(32)19(30)15(8-26)34-12)1-3-11(14)4-6-13-18(29)22(33)20(31)16(9-27)35-13/h1,3,7,12-13,15-23,26-33H,8-9H2. The van der Waals surface area contributed by atoms with Crippen LogP contribution in [0.25, 0.3) is 0 Å². The topological polar surface area (TPSA) is 190 Å². The van der Waals surface area contributed by atoms with Crippen LogP contribution in [0, 0.1) is 23.7 Å². The predicted octanol–water partition coefficient (Wildman–Crippen LogP) is -3.32. The molecule has 8 N–H and O–H groups in total. The predicted molar refractivity (Wildman–Crippen MR) is 114 cm³/mol. The van der Waals surface area contributed by atoms with E-state index in [1.54, 1.807) is 0 Å². The van der Waals surface area contributed by atoms with Crippen molar-refractivity contribution in [1.82, 2.24) is 0 Å². The van der Waals surface area contributed by atoms with Gasteiger partial charge in [0.2, 0.25) is 0 Å². The molecule has 198 valence electrons. The zero-order valence-electron chi connectivity index (χ0n) is 18.6. The lowest BCUT2D eigenvalue weighted by atomic mass is 9.95. The summed E-state index contributed by atoms with van der Waals surface area (Å²) in [6.45, 7) is -4.53. The van der Waals surface area contributed by atoms with Gasteiger partial charge in [-0.2, -0.15) is 8.78 Å². The van der Waals surface area contributed by atoms with E-state index in [2.05, 4.69) is 28.4 Å². The third-order valence-electron chi connectivity index (χ3n) is 5.69. The summed E-state index contributed by atoms with van der Waals surface area (Å²) in [5.41, 5.74) is 0.0617. The van der Waals surface area contributed by atoms with Gasteiger partial charge in [-0.25, -0.2) is 0 Å². The van der Waals surface area contributed by atoms with Crippen LogP contribution in [0.5, 0.6) is 5.75 Å². The molecule has 36 heavy (non-hydrogen) atoms. The molecule has 10 atom stereocenters. The second kappa shape index (κ2) is 12.2. The first-order valence-corrected chi connectivity index (χ1v) is 10.8. The number of aliphatic hydroxyl groups excluding tert-OH is 8. The number of ether oxygens (including phenoxy) is 3. The first kappa shape index (κ1) is 28.2. The molecule has 0 saturated carbocycles. The lowest BCUT2D eigenvalue weighted by molar-refractivity contribution is -0.214. The molecule has 2 fully saturated rings. The highest BCUT2D eigenvalue weighted by atomic mass is 19.3. The maximum Gasteiger partial charge on any atom is 0.387 e. The molecule has 10 unspecified atom stereocenters. The van der Waals surface area contributed by atoms with Crippen molar-refractivity contribution in [2.75, 3.05) is 13.2 Å². The van der Waals surface area contributed by atoms with Crippen molar-refractivity contribution >= 4 is 0 Å². The number of alkyl halides is 2. The Morgan fingerprint density at radius 1 is 0.750 bits per heavy atom. The molecule has 0 spiro atoms. The average Bonchev–Trinajstić information content (AvgIpc) is 2.85. The Balaban J connectivity index is 1.84. The summed E-state index contributed by atoms with van der Waals surface area (Å²) in [7, 11) is 0. The molecule has 0 aromatic heterocycles. The van der Waals surface area contributed by atoms with Crippen molar-refractivity contribution in [2.24, 2.45) is 0 Å². The minimum absolute atomic E-state index is 0.0642. The van der Waals surface area contributed by atoms with Crippen LogP contribution >= 0.6 is 0 Å². The van der Waals surface area contributed by atoms with Crippen molar-refractivity contribution in [2.45, 2.75) is 67.7 Å². The molecule has 1 aromatic carbocycles. The maximum atomic E-state index is 13.0. The van der Waals surface area contributed by atoms with Crippen LogP contribution in [-0.4, -0.2) is 122 Å². The Hall–Kier alpha value is -2.40. The second-order valence-electron chi connectivity index (χ2n) is 8.13. The number of aliphatic hydroxyl groups is 8. The third-order valence-corrected chi connectivity index (χ3v) is 5.69. The van der Waals surface area contributed by atoms with E-state index in [0.29, 0.717) is 0 Å². The van der Waals surface area contributed by atoms with Gasteiger partial charge in [0.05, 0.1) is 18.8 Å². The van der Waals surface area contributed by atoms with E-state index >= 15 is 0 Å². The van der Waals surface area contributed by atoms with Gasteiger partial charge in [-0.15, -0.1) is 0 Å². The van der Waals surface area contributed by atoms with Crippen molar-refractivity contribution < 1.29 is 63.8 Å². The molecule has 2 saturated heterocycles. The van der Waals surface area contributed by atoms with E-state index in [9.17, 15) is 49.6 Å². The van der Waals surface area contributed by atoms with Crippen molar-refractivity contribution in [3.8, 4) is 29.4 Å². The molecule has 13 heteroatoms. The van der Waals surface area contributed by atoms with Gasteiger partial charge in [-0.3, -0.25) is 0 Å². The van der Waals surface area contributed by atoms with Gasteiger partial charge in [0.15, 0.2) is 0 Å². The lowest BCUT2D eigenvalue weighted by Gasteiger charge is -2.37. The van der Waals surface area contributed by atoms with Crippen LogP contribution < -0.4 is 4.74 Å². The molecule has 11 nitrogen and oxygen atoms in total. The first-order chi connectivity index (χ1) is 17.1. The number of rotatable bonds is 4. The van der Waals surface area contributed by atoms with Crippen LogP contribution in [-0.2, 0) is 9.47 Å². The van der Waals surface area contributed by atoms with E-state index < -0.39 is 86.6 Å². The van der Waals surface area contributed by atoms with E-state index in [-0.39, 0.29) is 11.1 Å². The Labute approximate surface area is 204 Å². The van der Waals surface area contributed by atoms with Crippen LogP contribution in [0.2, 0.25) is 0 Å². The lowest BCUT2D eigenvalue weighted by Crippen LogP contribution is -2.58. The minimum Gasteiger partial charge on any atom is -0.433 e. The molecule has 2 heterocycles. The number of halogens is 2. The molecule has 3 rings (SSSR count). The Bertz CT molecular complexity index is 1010. The minimum atomic E-state index is -3.23. The Morgan fingerprint density at radius 2 is 1.25 bits per heavy atom.